The van der Waals surface area contributed by atoms with Gasteiger partial charge in [-0.2, -0.15) is 13.2 Å². The Morgan fingerprint density at radius 3 is 2.30 bits per heavy atom. The van der Waals surface area contributed by atoms with Crippen molar-refractivity contribution in [2.75, 3.05) is 6.54 Å². The number of carboxylic acids is 1. The summed E-state index contributed by atoms with van der Waals surface area (Å²) in [5.41, 5.74) is 0. The number of hydrogen-bond donors (Lipinski definition) is 3. The number of nitrogens with one attached hydrogen (secondary N) is 1. The summed E-state index contributed by atoms with van der Waals surface area (Å²) in [5, 5.41) is 19.8. The van der Waals surface area contributed by atoms with Gasteiger partial charge < -0.3 is 15.5 Å². The fourth-order valence-corrected chi connectivity index (χ4v) is 2.48. The Kier molecular flexibility index (Phi) is 5.38. The third kappa shape index (κ3) is 4.09. The molecule has 1 aliphatic rings. The Balaban J connectivity index is 2.59. The molecule has 1 fully saturated rings. The molecule has 0 aliphatic heterocycles. The van der Waals surface area contributed by atoms with E-state index in [1.807, 2.05) is 12.2 Å². The number of amides is 1. The molecule has 0 spiro atoms. The number of alkyl halides is 3. The second kappa shape index (κ2) is 6.43. The van der Waals surface area contributed by atoms with E-state index in [-0.39, 0.29) is 5.92 Å². The third-order valence-corrected chi connectivity index (χ3v) is 3.74. The first kappa shape index (κ1) is 16.7. The molecule has 4 atom stereocenters. The lowest BCUT2D eigenvalue weighted by Crippen LogP contribution is -2.43. The van der Waals surface area contributed by atoms with Crippen LogP contribution in [0.15, 0.2) is 0 Å². The number of halogens is 3. The number of aliphatic hydroxyl groups excluding tert-OH is 1. The van der Waals surface area contributed by atoms with Gasteiger partial charge in [-0.05, 0) is 18.8 Å². The van der Waals surface area contributed by atoms with Gasteiger partial charge in [0, 0.05) is 0 Å². The zero-order valence-corrected chi connectivity index (χ0v) is 11.0. The van der Waals surface area contributed by atoms with E-state index in [1.54, 1.807) is 0 Å². The molecular formula is C12H18F3NO4. The highest BCUT2D eigenvalue weighted by Gasteiger charge is 2.43. The molecule has 0 saturated heterocycles. The molecule has 116 valence electrons. The van der Waals surface area contributed by atoms with Crippen molar-refractivity contribution in [1.82, 2.24) is 5.32 Å². The second-order valence-electron chi connectivity index (χ2n) is 5.10. The maximum absolute atomic E-state index is 12.1. The Bertz CT molecular complexity index is 372. The van der Waals surface area contributed by atoms with E-state index in [0.717, 1.165) is 6.42 Å². The van der Waals surface area contributed by atoms with Crippen LogP contribution in [0.3, 0.4) is 0 Å². The zero-order valence-electron chi connectivity index (χ0n) is 11.0. The molecule has 1 aliphatic carbocycles. The van der Waals surface area contributed by atoms with Crippen LogP contribution in [-0.2, 0) is 9.59 Å². The van der Waals surface area contributed by atoms with Gasteiger partial charge in [0.25, 0.3) is 0 Å². The van der Waals surface area contributed by atoms with Gasteiger partial charge in [-0.15, -0.1) is 0 Å². The molecule has 0 bridgehead atoms. The summed E-state index contributed by atoms with van der Waals surface area (Å²) in [6.45, 7) is 0.916. The number of aliphatic hydroxyl groups is 1. The molecule has 0 radical (unpaired) electrons. The number of rotatable bonds is 5. The van der Waals surface area contributed by atoms with Crippen LogP contribution in [0.1, 0.15) is 26.2 Å². The van der Waals surface area contributed by atoms with Crippen molar-refractivity contribution < 1.29 is 33.0 Å². The molecular weight excluding hydrogens is 279 g/mol. The van der Waals surface area contributed by atoms with Crippen molar-refractivity contribution in [2.45, 2.75) is 38.5 Å². The van der Waals surface area contributed by atoms with Gasteiger partial charge in [0.2, 0.25) is 5.91 Å². The van der Waals surface area contributed by atoms with Gasteiger partial charge >= 0.3 is 12.1 Å². The van der Waals surface area contributed by atoms with Crippen molar-refractivity contribution in [3.8, 4) is 0 Å². The molecule has 3 N–H and O–H groups in total. The predicted octanol–water partition coefficient (Wildman–Crippen LogP) is 1.16. The Morgan fingerprint density at radius 2 is 1.85 bits per heavy atom. The van der Waals surface area contributed by atoms with Gasteiger partial charge in [-0.3, -0.25) is 9.59 Å². The van der Waals surface area contributed by atoms with E-state index in [9.17, 15) is 22.8 Å². The molecule has 8 heteroatoms. The van der Waals surface area contributed by atoms with Crippen LogP contribution >= 0.6 is 0 Å². The number of carbonyl (C=O) groups is 2. The normalized spacial score (nSPS) is 28.1. The van der Waals surface area contributed by atoms with Gasteiger partial charge in [-0.25, -0.2) is 0 Å². The van der Waals surface area contributed by atoms with Crippen LogP contribution in [0.4, 0.5) is 13.2 Å². The number of carbonyl (C=O) groups excluding carboxylic acids is 1. The Labute approximate surface area is 114 Å². The first-order valence-corrected chi connectivity index (χ1v) is 6.42. The van der Waals surface area contributed by atoms with Crippen LogP contribution in [0.5, 0.6) is 0 Å². The maximum Gasteiger partial charge on any atom is 0.416 e. The van der Waals surface area contributed by atoms with E-state index in [2.05, 4.69) is 0 Å². The van der Waals surface area contributed by atoms with Gasteiger partial charge in [0.1, 0.15) is 0 Å². The summed E-state index contributed by atoms with van der Waals surface area (Å²) < 4.78 is 36.3. The lowest BCUT2D eigenvalue weighted by atomic mass is 9.95. The lowest BCUT2D eigenvalue weighted by Gasteiger charge is -2.18. The lowest BCUT2D eigenvalue weighted by molar-refractivity contribution is -0.202. The predicted molar refractivity (Wildman–Crippen MR) is 62.7 cm³/mol. The average Bonchev–Trinajstić information content (AvgIpc) is 2.78. The van der Waals surface area contributed by atoms with E-state index in [4.69, 9.17) is 10.2 Å². The molecule has 1 rings (SSSR count). The van der Waals surface area contributed by atoms with E-state index < -0.39 is 42.5 Å². The topological polar surface area (TPSA) is 86.6 Å². The number of carboxylic acid groups (broad SMARTS) is 1. The van der Waals surface area contributed by atoms with Gasteiger partial charge in [0.15, 0.2) is 6.10 Å². The molecule has 1 saturated carbocycles. The van der Waals surface area contributed by atoms with Gasteiger partial charge in [-0.1, -0.05) is 13.3 Å². The quantitative estimate of drug-likeness (QED) is 0.711. The van der Waals surface area contributed by atoms with Crippen LogP contribution in [0.2, 0.25) is 0 Å². The third-order valence-electron chi connectivity index (χ3n) is 3.74. The molecule has 5 nitrogen and oxygen atoms in total. The van der Waals surface area contributed by atoms with Crippen molar-refractivity contribution in [3.05, 3.63) is 0 Å². The maximum atomic E-state index is 12.1. The van der Waals surface area contributed by atoms with E-state index in [0.29, 0.717) is 12.8 Å². The Hall–Kier alpha value is -1.31. The summed E-state index contributed by atoms with van der Waals surface area (Å²) in [5.74, 6) is -3.48. The van der Waals surface area contributed by atoms with Crippen LogP contribution < -0.4 is 5.32 Å². The average molecular weight is 297 g/mol. The minimum Gasteiger partial charge on any atom is -0.481 e. The zero-order chi connectivity index (χ0) is 15.5. The number of aliphatic carboxylic acids is 1. The highest BCUT2D eigenvalue weighted by molar-refractivity contribution is 5.85. The minimum absolute atomic E-state index is 0.0828. The highest BCUT2D eigenvalue weighted by atomic mass is 19.4. The number of hydrogen-bond acceptors (Lipinski definition) is 3. The monoisotopic (exact) mass is 297 g/mol. The van der Waals surface area contributed by atoms with Gasteiger partial charge in [0.05, 0.1) is 18.4 Å². The minimum atomic E-state index is -4.80. The first-order chi connectivity index (χ1) is 9.16. The Morgan fingerprint density at radius 1 is 1.30 bits per heavy atom. The molecule has 0 aromatic carbocycles. The van der Waals surface area contributed by atoms with Crippen LogP contribution in [0.25, 0.3) is 0 Å². The standard InChI is InChI=1S/C12H18F3NO4/c1-2-6-3-7(8(4-6)11(19)20)10(18)16-5-9(17)12(13,14)15/h6-9,17H,2-5H2,1H3,(H,16,18)(H,19,20)/t6?,7-,8+,9?/m0/s1. The summed E-state index contributed by atoms with van der Waals surface area (Å²) >= 11 is 0. The largest absolute Gasteiger partial charge is 0.481 e. The van der Waals surface area contributed by atoms with E-state index in [1.165, 1.54) is 0 Å². The van der Waals surface area contributed by atoms with Crippen LogP contribution in [0, 0.1) is 17.8 Å². The van der Waals surface area contributed by atoms with Crippen molar-refractivity contribution in [1.29, 1.82) is 0 Å². The molecule has 2 unspecified atom stereocenters. The first-order valence-electron chi connectivity index (χ1n) is 6.42. The fraction of sp³-hybridized carbons (Fsp3) is 0.833. The second-order valence-corrected chi connectivity index (χ2v) is 5.10. The molecule has 0 aromatic rings. The molecule has 20 heavy (non-hydrogen) atoms. The highest BCUT2D eigenvalue weighted by Crippen LogP contribution is 2.38. The van der Waals surface area contributed by atoms with Crippen molar-refractivity contribution >= 4 is 11.9 Å². The molecule has 0 aromatic heterocycles. The molecule has 1 amide bonds. The van der Waals surface area contributed by atoms with E-state index >= 15 is 0 Å². The summed E-state index contributed by atoms with van der Waals surface area (Å²) in [7, 11) is 0. The summed E-state index contributed by atoms with van der Waals surface area (Å²) in [4.78, 5) is 22.9. The van der Waals surface area contributed by atoms with Crippen LogP contribution in [-0.4, -0.2) is 40.9 Å². The smallest absolute Gasteiger partial charge is 0.416 e. The summed E-state index contributed by atoms with van der Waals surface area (Å²) in [6.07, 6.45) is -6.02. The van der Waals surface area contributed by atoms with Crippen molar-refractivity contribution in [3.63, 3.8) is 0 Å². The summed E-state index contributed by atoms with van der Waals surface area (Å²) in [6, 6.07) is 0. The SMILES string of the molecule is CCC1C[C@H](C(=O)NCC(O)C(F)(F)F)[C@H](C(=O)O)C1. The fourth-order valence-electron chi connectivity index (χ4n) is 2.48. The van der Waals surface area contributed by atoms with Crippen molar-refractivity contribution in [2.24, 2.45) is 17.8 Å². The molecule has 0 heterocycles.